The fraction of sp³-hybridized carbons (Fsp3) is 0.316. The maximum atomic E-state index is 12.7. The van der Waals surface area contributed by atoms with Crippen LogP contribution in [0.5, 0.6) is 0 Å². The lowest BCUT2D eigenvalue weighted by Crippen LogP contribution is -2.34. The summed E-state index contributed by atoms with van der Waals surface area (Å²) in [6, 6.07) is 3.49. The normalized spacial score (nSPS) is 16.3. The molecule has 144 valence electrons. The highest BCUT2D eigenvalue weighted by Gasteiger charge is 2.31. The molecule has 0 aromatic carbocycles. The van der Waals surface area contributed by atoms with Crippen molar-refractivity contribution >= 4 is 28.3 Å². The van der Waals surface area contributed by atoms with Crippen molar-refractivity contribution in [1.29, 1.82) is 0 Å². The number of hydrogen-bond donors (Lipinski definition) is 1. The Labute approximate surface area is 166 Å². The van der Waals surface area contributed by atoms with Gasteiger partial charge in [-0.25, -0.2) is 4.98 Å². The molecule has 0 saturated carbocycles. The van der Waals surface area contributed by atoms with Crippen LogP contribution in [0.3, 0.4) is 0 Å². The quantitative estimate of drug-likeness (QED) is 0.716. The van der Waals surface area contributed by atoms with Crippen molar-refractivity contribution in [3.05, 3.63) is 59.1 Å². The van der Waals surface area contributed by atoms with Gasteiger partial charge in [0, 0.05) is 30.5 Å². The number of carbonyl (C=O) groups excluding carboxylic acids is 2. The summed E-state index contributed by atoms with van der Waals surface area (Å²) in [6.07, 6.45) is 8.58. The largest absolute Gasteiger partial charge is 0.332 e. The molecule has 1 atom stereocenters. The molecule has 3 aromatic heterocycles. The minimum absolute atomic E-state index is 0.0259. The number of nitrogens with one attached hydrogen (secondary N) is 1. The SMILES string of the molecule is Cc1cnn(CC(=O)N2CCCC2c2ccc(C(=O)Nc3nccs3)cn2)c1. The summed E-state index contributed by atoms with van der Waals surface area (Å²) in [7, 11) is 0. The topological polar surface area (TPSA) is 93.0 Å². The van der Waals surface area contributed by atoms with Gasteiger partial charge in [-0.2, -0.15) is 5.10 Å². The van der Waals surface area contributed by atoms with Crippen molar-refractivity contribution in [3.8, 4) is 0 Å². The second-order valence-electron chi connectivity index (χ2n) is 6.72. The van der Waals surface area contributed by atoms with Crippen molar-refractivity contribution in [2.24, 2.45) is 0 Å². The third-order valence-electron chi connectivity index (χ3n) is 4.68. The average molecular weight is 396 g/mol. The molecule has 1 N–H and O–H groups in total. The molecule has 3 aromatic rings. The lowest BCUT2D eigenvalue weighted by Gasteiger charge is -2.24. The van der Waals surface area contributed by atoms with E-state index in [0.717, 1.165) is 24.1 Å². The van der Waals surface area contributed by atoms with Crippen LogP contribution < -0.4 is 5.32 Å². The van der Waals surface area contributed by atoms with Crippen LogP contribution in [0.2, 0.25) is 0 Å². The van der Waals surface area contributed by atoms with Crippen molar-refractivity contribution in [2.75, 3.05) is 11.9 Å². The van der Waals surface area contributed by atoms with E-state index in [-0.39, 0.29) is 24.4 Å². The van der Waals surface area contributed by atoms with Gasteiger partial charge < -0.3 is 4.90 Å². The average Bonchev–Trinajstić information content (AvgIpc) is 3.44. The Hall–Kier alpha value is -3.07. The highest BCUT2D eigenvalue weighted by molar-refractivity contribution is 7.13. The Morgan fingerprint density at radius 3 is 2.86 bits per heavy atom. The maximum Gasteiger partial charge on any atom is 0.259 e. The van der Waals surface area contributed by atoms with Gasteiger partial charge in [-0.15, -0.1) is 11.3 Å². The first kappa shape index (κ1) is 18.3. The van der Waals surface area contributed by atoms with Crippen LogP contribution in [0.25, 0.3) is 0 Å². The number of nitrogens with zero attached hydrogens (tertiary/aromatic N) is 5. The van der Waals surface area contributed by atoms with Gasteiger partial charge in [-0.1, -0.05) is 0 Å². The first-order chi connectivity index (χ1) is 13.6. The van der Waals surface area contributed by atoms with Gasteiger partial charge in [0.25, 0.3) is 5.91 Å². The lowest BCUT2D eigenvalue weighted by molar-refractivity contribution is -0.133. The number of amides is 2. The predicted molar refractivity (Wildman–Crippen MR) is 105 cm³/mol. The molecule has 0 bridgehead atoms. The Morgan fingerprint density at radius 2 is 2.18 bits per heavy atom. The molecule has 4 heterocycles. The van der Waals surface area contributed by atoms with E-state index in [0.29, 0.717) is 17.2 Å². The van der Waals surface area contributed by atoms with Gasteiger partial charge in [0.2, 0.25) is 5.91 Å². The van der Waals surface area contributed by atoms with E-state index in [1.54, 1.807) is 34.7 Å². The fourth-order valence-electron chi connectivity index (χ4n) is 3.35. The van der Waals surface area contributed by atoms with Crippen molar-refractivity contribution in [3.63, 3.8) is 0 Å². The molecule has 1 aliphatic rings. The van der Waals surface area contributed by atoms with E-state index in [9.17, 15) is 9.59 Å². The van der Waals surface area contributed by atoms with Gasteiger partial charge in [0.15, 0.2) is 5.13 Å². The summed E-state index contributed by atoms with van der Waals surface area (Å²) in [5, 5.41) is 9.28. The van der Waals surface area contributed by atoms with Crippen LogP contribution in [0.15, 0.2) is 42.3 Å². The van der Waals surface area contributed by atoms with E-state index in [4.69, 9.17) is 0 Å². The van der Waals surface area contributed by atoms with Crippen LogP contribution in [0.1, 0.15) is 40.5 Å². The second kappa shape index (κ2) is 7.89. The molecule has 2 amide bonds. The molecule has 1 unspecified atom stereocenters. The molecule has 0 spiro atoms. The van der Waals surface area contributed by atoms with Crippen molar-refractivity contribution in [1.82, 2.24) is 24.6 Å². The number of aromatic nitrogens is 4. The van der Waals surface area contributed by atoms with Crippen molar-refractivity contribution < 1.29 is 9.59 Å². The van der Waals surface area contributed by atoms with E-state index < -0.39 is 0 Å². The Morgan fingerprint density at radius 1 is 1.29 bits per heavy atom. The molecule has 8 nitrogen and oxygen atoms in total. The lowest BCUT2D eigenvalue weighted by atomic mass is 10.1. The third-order valence-corrected chi connectivity index (χ3v) is 5.36. The van der Waals surface area contributed by atoms with Crippen LogP contribution in [0.4, 0.5) is 5.13 Å². The summed E-state index contributed by atoms with van der Waals surface area (Å²) in [6.45, 7) is 2.87. The van der Waals surface area contributed by atoms with E-state index in [2.05, 4.69) is 20.4 Å². The summed E-state index contributed by atoms with van der Waals surface area (Å²) < 4.78 is 1.66. The molecule has 0 radical (unpaired) electrons. The van der Waals surface area contributed by atoms with Crippen LogP contribution in [-0.4, -0.2) is 43.0 Å². The van der Waals surface area contributed by atoms with Gasteiger partial charge >= 0.3 is 0 Å². The van der Waals surface area contributed by atoms with Crippen LogP contribution >= 0.6 is 11.3 Å². The van der Waals surface area contributed by atoms with Gasteiger partial charge in [0.05, 0.1) is 23.5 Å². The Kier molecular flexibility index (Phi) is 5.16. The molecule has 1 fully saturated rings. The minimum Gasteiger partial charge on any atom is -0.332 e. The number of aryl methyl sites for hydroxylation is 1. The smallest absolute Gasteiger partial charge is 0.259 e. The van der Waals surface area contributed by atoms with Crippen LogP contribution in [0, 0.1) is 6.92 Å². The zero-order valence-corrected chi connectivity index (χ0v) is 16.2. The molecular formula is C19H20N6O2S. The number of hydrogen-bond acceptors (Lipinski definition) is 6. The summed E-state index contributed by atoms with van der Waals surface area (Å²) >= 11 is 1.36. The number of thiazole rings is 1. The molecular weight excluding hydrogens is 376 g/mol. The first-order valence-electron chi connectivity index (χ1n) is 9.05. The standard InChI is InChI=1S/C19H20N6O2S/c1-13-9-22-24(11-13)12-17(26)25-7-2-3-16(25)15-5-4-14(10-21-15)18(27)23-19-20-6-8-28-19/h4-6,8-11,16H,2-3,7,12H2,1H3,(H,20,23,27). The molecule has 9 heteroatoms. The molecule has 1 aliphatic heterocycles. The Balaban J connectivity index is 1.43. The van der Waals surface area contributed by atoms with Gasteiger partial charge in [0.1, 0.15) is 6.54 Å². The highest BCUT2D eigenvalue weighted by atomic mass is 32.1. The van der Waals surface area contributed by atoms with Crippen molar-refractivity contribution in [2.45, 2.75) is 32.4 Å². The first-order valence-corrected chi connectivity index (χ1v) is 9.93. The molecule has 4 rings (SSSR count). The monoisotopic (exact) mass is 396 g/mol. The molecule has 0 aliphatic carbocycles. The number of likely N-dealkylation sites (tertiary alicyclic amines) is 1. The number of carbonyl (C=O) groups is 2. The highest BCUT2D eigenvalue weighted by Crippen LogP contribution is 2.31. The summed E-state index contributed by atoms with van der Waals surface area (Å²) in [5.74, 6) is -0.222. The molecule has 28 heavy (non-hydrogen) atoms. The predicted octanol–water partition coefficient (Wildman–Crippen LogP) is 2.66. The van der Waals surface area contributed by atoms with Gasteiger partial charge in [-0.3, -0.25) is 24.6 Å². The summed E-state index contributed by atoms with van der Waals surface area (Å²) in [5.41, 5.74) is 2.29. The number of pyridine rings is 1. The van der Waals surface area contributed by atoms with E-state index in [1.165, 1.54) is 11.3 Å². The van der Waals surface area contributed by atoms with Gasteiger partial charge in [-0.05, 0) is 37.5 Å². The van der Waals surface area contributed by atoms with E-state index in [1.807, 2.05) is 24.1 Å². The minimum atomic E-state index is -0.248. The maximum absolute atomic E-state index is 12.7. The number of anilines is 1. The second-order valence-corrected chi connectivity index (χ2v) is 7.62. The molecule has 1 saturated heterocycles. The summed E-state index contributed by atoms with van der Waals surface area (Å²) in [4.78, 5) is 35.4. The van der Waals surface area contributed by atoms with E-state index >= 15 is 0 Å². The Bertz CT molecular complexity index is 967. The zero-order chi connectivity index (χ0) is 19.5. The number of rotatable bonds is 5. The van der Waals surface area contributed by atoms with Crippen LogP contribution in [-0.2, 0) is 11.3 Å². The fourth-order valence-corrected chi connectivity index (χ4v) is 3.87. The third kappa shape index (κ3) is 3.94. The zero-order valence-electron chi connectivity index (χ0n) is 15.4.